The van der Waals surface area contributed by atoms with Gasteiger partial charge in [-0.25, -0.2) is 13.1 Å². The number of nitrogens with zero attached hydrogens (tertiary/aromatic N) is 2. The molecule has 2 saturated heterocycles. The highest BCUT2D eigenvalue weighted by atomic mass is 32.2. The lowest BCUT2D eigenvalue weighted by atomic mass is 10.1. The van der Waals surface area contributed by atoms with E-state index in [1.54, 1.807) is 4.90 Å². The Kier molecular flexibility index (Phi) is 5.64. The quantitative estimate of drug-likeness (QED) is 0.625. The summed E-state index contributed by atoms with van der Waals surface area (Å²) in [7, 11) is -3.29. The monoisotopic (exact) mass is 346 g/mol. The maximum absolute atomic E-state index is 12.8. The number of piperazine rings is 1. The lowest BCUT2D eigenvalue weighted by Crippen LogP contribution is -2.62. The zero-order chi connectivity index (χ0) is 17.2. The van der Waals surface area contributed by atoms with Crippen LogP contribution in [0.2, 0.25) is 0 Å². The number of rotatable bonds is 6. The topological polar surface area (TPSA) is 98.8 Å². The highest BCUT2D eigenvalue weighted by molar-refractivity contribution is 7.88. The summed E-state index contributed by atoms with van der Waals surface area (Å²) in [6.45, 7) is 5.67. The number of sulfonamides is 1. The molecule has 0 aromatic rings. The van der Waals surface area contributed by atoms with Crippen molar-refractivity contribution in [3.8, 4) is 0 Å². The van der Waals surface area contributed by atoms with Gasteiger partial charge in [0.2, 0.25) is 21.8 Å². The maximum atomic E-state index is 12.8. The molecule has 0 aromatic heterocycles. The van der Waals surface area contributed by atoms with Crippen LogP contribution in [0.1, 0.15) is 26.7 Å². The Hall–Kier alpha value is -1.19. The molecule has 0 spiro atoms. The van der Waals surface area contributed by atoms with E-state index in [0.717, 1.165) is 19.2 Å². The molecule has 2 rings (SSSR count). The molecule has 0 unspecified atom stereocenters. The minimum Gasteiger partial charge on any atom is -0.354 e. The number of hydrogen-bond donors (Lipinski definition) is 2. The van der Waals surface area contributed by atoms with E-state index in [1.807, 2.05) is 0 Å². The van der Waals surface area contributed by atoms with Gasteiger partial charge in [0.1, 0.15) is 6.04 Å². The molecule has 0 bridgehead atoms. The van der Waals surface area contributed by atoms with Crippen LogP contribution >= 0.6 is 0 Å². The Morgan fingerprint density at radius 3 is 2.61 bits per heavy atom. The van der Waals surface area contributed by atoms with Crippen molar-refractivity contribution in [1.82, 2.24) is 19.8 Å². The van der Waals surface area contributed by atoms with Crippen LogP contribution < -0.4 is 10.0 Å². The first-order valence-corrected chi connectivity index (χ1v) is 9.86. The highest BCUT2D eigenvalue weighted by Gasteiger charge is 2.45. The van der Waals surface area contributed by atoms with Crippen LogP contribution in [-0.2, 0) is 19.6 Å². The van der Waals surface area contributed by atoms with Crippen molar-refractivity contribution >= 4 is 21.8 Å². The minimum atomic E-state index is -3.29. The Morgan fingerprint density at radius 2 is 2.04 bits per heavy atom. The van der Waals surface area contributed by atoms with Crippen LogP contribution in [0, 0.1) is 0 Å². The van der Waals surface area contributed by atoms with Gasteiger partial charge in [0, 0.05) is 38.6 Å². The van der Waals surface area contributed by atoms with Gasteiger partial charge >= 0.3 is 0 Å². The fourth-order valence-corrected chi connectivity index (χ4v) is 4.26. The zero-order valence-electron chi connectivity index (χ0n) is 13.9. The highest BCUT2D eigenvalue weighted by Crippen LogP contribution is 2.26. The van der Waals surface area contributed by atoms with E-state index in [1.165, 1.54) is 6.92 Å². The summed E-state index contributed by atoms with van der Waals surface area (Å²) in [6, 6.07) is -0.573. The first-order chi connectivity index (χ1) is 10.7. The van der Waals surface area contributed by atoms with Gasteiger partial charge < -0.3 is 10.2 Å². The number of fused-ring (bicyclic) bond motifs is 1. The number of carbonyl (C=O) groups is 2. The Bertz CT molecular complexity index is 565. The largest absolute Gasteiger partial charge is 0.354 e. The van der Waals surface area contributed by atoms with Gasteiger partial charge in [0.15, 0.2) is 0 Å². The van der Waals surface area contributed by atoms with Crippen LogP contribution in [0.15, 0.2) is 0 Å². The Morgan fingerprint density at radius 1 is 1.35 bits per heavy atom. The van der Waals surface area contributed by atoms with E-state index < -0.39 is 10.0 Å². The number of hydrogen-bond acceptors (Lipinski definition) is 5. The number of amides is 2. The van der Waals surface area contributed by atoms with E-state index in [9.17, 15) is 18.0 Å². The molecular weight excluding hydrogens is 320 g/mol. The number of nitrogens with one attached hydrogen (secondary N) is 2. The third-order valence-corrected chi connectivity index (χ3v) is 5.07. The molecule has 0 radical (unpaired) electrons. The number of carbonyl (C=O) groups excluding carboxylic acids is 2. The normalized spacial score (nSPS) is 28.7. The fourth-order valence-electron chi connectivity index (χ4n) is 3.48. The van der Waals surface area contributed by atoms with Crippen LogP contribution in [0.4, 0.5) is 0 Å². The van der Waals surface area contributed by atoms with E-state index in [0.29, 0.717) is 26.1 Å². The second kappa shape index (κ2) is 7.14. The summed E-state index contributed by atoms with van der Waals surface area (Å²) in [4.78, 5) is 27.8. The lowest BCUT2D eigenvalue weighted by molar-refractivity contribution is -0.143. The van der Waals surface area contributed by atoms with E-state index in [2.05, 4.69) is 21.9 Å². The van der Waals surface area contributed by atoms with Gasteiger partial charge in [-0.2, -0.15) is 0 Å². The Labute approximate surface area is 137 Å². The fraction of sp³-hybridized carbons (Fsp3) is 0.857. The van der Waals surface area contributed by atoms with Gasteiger partial charge in [-0.3, -0.25) is 14.5 Å². The van der Waals surface area contributed by atoms with Crippen molar-refractivity contribution < 1.29 is 18.0 Å². The third-order valence-electron chi connectivity index (χ3n) is 4.30. The smallest absolute Gasteiger partial charge is 0.242 e. The molecule has 2 aliphatic heterocycles. The standard InChI is InChI=1S/C14H26N4O4S/c1-4-5-17-9-12-6-11(16-23(3,21)22)8-18(12)14(20)13(17)7-15-10(2)19/h11-13,16H,4-9H2,1-3H3,(H,15,19)/t11-,12-,13-/m0/s1. The Balaban J connectivity index is 2.09. The van der Waals surface area contributed by atoms with Crippen LogP contribution in [0.5, 0.6) is 0 Å². The summed E-state index contributed by atoms with van der Waals surface area (Å²) in [5.74, 6) is -0.185. The molecule has 2 aliphatic rings. The van der Waals surface area contributed by atoms with Crippen molar-refractivity contribution in [3.05, 3.63) is 0 Å². The predicted octanol–water partition coefficient (Wildman–Crippen LogP) is -1.26. The summed E-state index contributed by atoms with van der Waals surface area (Å²) in [5.41, 5.74) is 0. The predicted molar refractivity (Wildman–Crippen MR) is 86.2 cm³/mol. The van der Waals surface area contributed by atoms with Crippen molar-refractivity contribution in [2.45, 2.75) is 44.8 Å². The van der Waals surface area contributed by atoms with Crippen molar-refractivity contribution in [1.29, 1.82) is 0 Å². The van der Waals surface area contributed by atoms with Crippen LogP contribution in [0.3, 0.4) is 0 Å². The second-order valence-electron chi connectivity index (χ2n) is 6.41. The zero-order valence-corrected chi connectivity index (χ0v) is 14.7. The summed E-state index contributed by atoms with van der Waals surface area (Å²) >= 11 is 0. The second-order valence-corrected chi connectivity index (χ2v) is 8.19. The van der Waals surface area contributed by atoms with Gasteiger partial charge in [0.05, 0.1) is 6.26 Å². The molecule has 2 N–H and O–H groups in total. The first-order valence-electron chi connectivity index (χ1n) is 7.97. The average molecular weight is 346 g/mol. The van der Waals surface area contributed by atoms with Gasteiger partial charge in [-0.1, -0.05) is 6.92 Å². The molecule has 23 heavy (non-hydrogen) atoms. The molecular formula is C14H26N4O4S. The molecule has 0 aliphatic carbocycles. The summed E-state index contributed by atoms with van der Waals surface area (Å²) in [6.07, 6.45) is 2.68. The summed E-state index contributed by atoms with van der Waals surface area (Å²) in [5, 5.41) is 2.72. The van der Waals surface area contributed by atoms with E-state index in [4.69, 9.17) is 0 Å². The van der Waals surface area contributed by atoms with Gasteiger partial charge in [0.25, 0.3) is 0 Å². The first kappa shape index (κ1) is 18.2. The average Bonchev–Trinajstić information content (AvgIpc) is 2.78. The molecule has 2 fully saturated rings. The third kappa shape index (κ3) is 4.65. The molecule has 132 valence electrons. The van der Waals surface area contributed by atoms with Crippen molar-refractivity contribution in [2.24, 2.45) is 0 Å². The van der Waals surface area contributed by atoms with Crippen LogP contribution in [-0.4, -0.2) is 80.6 Å². The minimum absolute atomic E-state index is 0.0266. The molecule has 0 aromatic carbocycles. The van der Waals surface area contributed by atoms with E-state index >= 15 is 0 Å². The molecule has 2 heterocycles. The molecule has 3 atom stereocenters. The van der Waals surface area contributed by atoms with Crippen LogP contribution in [0.25, 0.3) is 0 Å². The van der Waals surface area contributed by atoms with Gasteiger partial charge in [-0.05, 0) is 19.4 Å². The molecule has 0 saturated carbocycles. The maximum Gasteiger partial charge on any atom is 0.242 e. The van der Waals surface area contributed by atoms with E-state index in [-0.39, 0.29) is 29.9 Å². The summed E-state index contributed by atoms with van der Waals surface area (Å²) < 4.78 is 25.4. The lowest BCUT2D eigenvalue weighted by Gasteiger charge is -2.42. The van der Waals surface area contributed by atoms with Gasteiger partial charge in [-0.15, -0.1) is 0 Å². The van der Waals surface area contributed by atoms with Crippen molar-refractivity contribution in [2.75, 3.05) is 32.4 Å². The molecule has 2 amide bonds. The SMILES string of the molecule is CCCN1C[C@@H]2C[C@H](NS(C)(=O)=O)CN2C(=O)[C@@H]1CNC(C)=O. The van der Waals surface area contributed by atoms with Crippen molar-refractivity contribution in [3.63, 3.8) is 0 Å². The molecule has 9 heteroatoms. The molecule has 8 nitrogen and oxygen atoms in total.